The third-order valence-corrected chi connectivity index (χ3v) is 2.82. The lowest BCUT2D eigenvalue weighted by Gasteiger charge is -2.05. The number of anilines is 1. The van der Waals surface area contributed by atoms with Gasteiger partial charge in [0.25, 0.3) is 0 Å². The minimum atomic E-state index is -0.150. The van der Waals surface area contributed by atoms with Crippen molar-refractivity contribution in [2.45, 2.75) is 25.7 Å². The quantitative estimate of drug-likeness (QED) is 0.569. The summed E-state index contributed by atoms with van der Waals surface area (Å²) in [6.07, 6.45) is 3.08. The molecular formula is C14H19ClN2O2. The molecule has 1 aromatic rings. The highest BCUT2D eigenvalue weighted by molar-refractivity contribution is 6.27. The molecule has 0 atom stereocenters. The number of nitrogens with one attached hydrogen (secondary N) is 2. The predicted molar refractivity (Wildman–Crippen MR) is 77.3 cm³/mol. The summed E-state index contributed by atoms with van der Waals surface area (Å²) in [7, 11) is 0. The third-order valence-electron chi connectivity index (χ3n) is 2.58. The van der Waals surface area contributed by atoms with E-state index >= 15 is 0 Å². The van der Waals surface area contributed by atoms with Crippen LogP contribution >= 0.6 is 11.6 Å². The van der Waals surface area contributed by atoms with E-state index in [1.807, 2.05) is 30.3 Å². The molecule has 0 aliphatic rings. The molecule has 0 radical (unpaired) electrons. The summed E-state index contributed by atoms with van der Waals surface area (Å²) in [6.45, 7) is 0.617. The molecule has 19 heavy (non-hydrogen) atoms. The summed E-state index contributed by atoms with van der Waals surface area (Å²) in [5.41, 5.74) is 0.821. The SMILES string of the molecule is O=C(CCl)NCCCCCC(=O)Nc1ccccc1. The van der Waals surface area contributed by atoms with Crippen LogP contribution in [0.4, 0.5) is 5.69 Å². The number of benzene rings is 1. The largest absolute Gasteiger partial charge is 0.355 e. The van der Waals surface area contributed by atoms with Gasteiger partial charge in [0.2, 0.25) is 11.8 Å². The van der Waals surface area contributed by atoms with Crippen molar-refractivity contribution < 1.29 is 9.59 Å². The Hall–Kier alpha value is -1.55. The molecule has 0 unspecified atom stereocenters. The van der Waals surface area contributed by atoms with Crippen LogP contribution in [0.25, 0.3) is 0 Å². The van der Waals surface area contributed by atoms with E-state index in [9.17, 15) is 9.59 Å². The third kappa shape index (κ3) is 7.47. The summed E-state index contributed by atoms with van der Waals surface area (Å²) in [5.74, 6) is -0.126. The maximum Gasteiger partial charge on any atom is 0.234 e. The van der Waals surface area contributed by atoms with Crippen LogP contribution in [0.3, 0.4) is 0 Å². The predicted octanol–water partition coefficient (Wildman–Crippen LogP) is 2.54. The Morgan fingerprint density at radius 2 is 1.74 bits per heavy atom. The fourth-order valence-corrected chi connectivity index (χ4v) is 1.70. The van der Waals surface area contributed by atoms with E-state index in [1.165, 1.54) is 0 Å². The van der Waals surface area contributed by atoms with Crippen LogP contribution < -0.4 is 10.6 Å². The number of hydrogen-bond acceptors (Lipinski definition) is 2. The van der Waals surface area contributed by atoms with Gasteiger partial charge in [-0.1, -0.05) is 24.6 Å². The van der Waals surface area contributed by atoms with Crippen molar-refractivity contribution in [2.24, 2.45) is 0 Å². The van der Waals surface area contributed by atoms with Crippen LogP contribution in [0.15, 0.2) is 30.3 Å². The monoisotopic (exact) mass is 282 g/mol. The van der Waals surface area contributed by atoms with Crippen LogP contribution in [0.2, 0.25) is 0 Å². The van der Waals surface area contributed by atoms with Gasteiger partial charge in [-0.2, -0.15) is 0 Å². The topological polar surface area (TPSA) is 58.2 Å². The van der Waals surface area contributed by atoms with Crippen molar-refractivity contribution in [1.29, 1.82) is 0 Å². The molecule has 0 heterocycles. The van der Waals surface area contributed by atoms with Crippen molar-refractivity contribution >= 4 is 29.1 Å². The summed E-state index contributed by atoms with van der Waals surface area (Å²) in [6, 6.07) is 9.40. The number of alkyl halides is 1. The average Bonchev–Trinajstić information content (AvgIpc) is 2.43. The summed E-state index contributed by atoms with van der Waals surface area (Å²) in [5, 5.41) is 5.52. The van der Waals surface area contributed by atoms with Crippen molar-refractivity contribution in [3.8, 4) is 0 Å². The standard InChI is InChI=1S/C14H19ClN2O2/c15-11-14(19)16-10-6-2-5-9-13(18)17-12-7-3-1-4-8-12/h1,3-4,7-8H,2,5-6,9-11H2,(H,16,19)(H,17,18). The molecule has 104 valence electrons. The highest BCUT2D eigenvalue weighted by atomic mass is 35.5. The Morgan fingerprint density at radius 3 is 2.42 bits per heavy atom. The summed E-state index contributed by atoms with van der Waals surface area (Å²) in [4.78, 5) is 22.5. The molecule has 0 saturated heterocycles. The van der Waals surface area contributed by atoms with Crippen molar-refractivity contribution in [3.63, 3.8) is 0 Å². The molecule has 0 aliphatic heterocycles. The number of carbonyl (C=O) groups is 2. The van der Waals surface area contributed by atoms with Gasteiger partial charge in [-0.3, -0.25) is 9.59 Å². The first-order valence-corrected chi connectivity index (χ1v) is 6.93. The van der Waals surface area contributed by atoms with E-state index in [1.54, 1.807) is 0 Å². The maximum absolute atomic E-state index is 11.6. The van der Waals surface area contributed by atoms with Gasteiger partial charge in [0.05, 0.1) is 0 Å². The van der Waals surface area contributed by atoms with Crippen molar-refractivity contribution in [3.05, 3.63) is 30.3 Å². The Labute approximate surface area is 118 Å². The van der Waals surface area contributed by atoms with E-state index in [4.69, 9.17) is 11.6 Å². The minimum absolute atomic E-state index is 0.000514. The Balaban J connectivity index is 2.03. The van der Waals surface area contributed by atoms with Gasteiger partial charge in [-0.25, -0.2) is 0 Å². The number of amides is 2. The lowest BCUT2D eigenvalue weighted by atomic mass is 10.2. The zero-order chi connectivity index (χ0) is 13.9. The van der Waals surface area contributed by atoms with Gasteiger partial charge >= 0.3 is 0 Å². The van der Waals surface area contributed by atoms with Gasteiger partial charge < -0.3 is 10.6 Å². The van der Waals surface area contributed by atoms with E-state index < -0.39 is 0 Å². The normalized spacial score (nSPS) is 9.95. The van der Waals surface area contributed by atoms with Gasteiger partial charge in [0.1, 0.15) is 5.88 Å². The molecule has 0 fully saturated rings. The molecule has 1 rings (SSSR count). The molecule has 0 aliphatic carbocycles. The lowest BCUT2D eigenvalue weighted by Crippen LogP contribution is -2.25. The Kier molecular flexibility index (Phi) is 7.66. The lowest BCUT2D eigenvalue weighted by molar-refractivity contribution is -0.119. The summed E-state index contributed by atoms with van der Waals surface area (Å²) < 4.78 is 0. The number of halogens is 1. The van der Waals surface area contributed by atoms with Crippen LogP contribution in [-0.4, -0.2) is 24.2 Å². The van der Waals surface area contributed by atoms with Crippen LogP contribution in [-0.2, 0) is 9.59 Å². The van der Waals surface area contributed by atoms with E-state index in [2.05, 4.69) is 10.6 Å². The molecule has 4 nitrogen and oxygen atoms in total. The van der Waals surface area contributed by atoms with Gasteiger partial charge in [0.15, 0.2) is 0 Å². The van der Waals surface area contributed by atoms with Crippen molar-refractivity contribution in [1.82, 2.24) is 5.32 Å². The second kappa shape index (κ2) is 9.39. The van der Waals surface area contributed by atoms with Gasteiger partial charge in [-0.05, 0) is 25.0 Å². The second-order valence-corrected chi connectivity index (χ2v) is 4.48. The number of para-hydroxylation sites is 1. The zero-order valence-electron chi connectivity index (χ0n) is 10.8. The first kappa shape index (κ1) is 15.5. The van der Waals surface area contributed by atoms with E-state index in [0.29, 0.717) is 13.0 Å². The molecular weight excluding hydrogens is 264 g/mol. The smallest absolute Gasteiger partial charge is 0.234 e. The molecule has 0 saturated carbocycles. The zero-order valence-corrected chi connectivity index (χ0v) is 11.6. The van der Waals surface area contributed by atoms with Gasteiger partial charge in [-0.15, -0.1) is 11.6 Å². The molecule has 2 amide bonds. The second-order valence-electron chi connectivity index (χ2n) is 4.21. The minimum Gasteiger partial charge on any atom is -0.355 e. The number of carbonyl (C=O) groups excluding carboxylic acids is 2. The highest BCUT2D eigenvalue weighted by Gasteiger charge is 2.02. The van der Waals surface area contributed by atoms with E-state index in [-0.39, 0.29) is 17.7 Å². The fourth-order valence-electron chi connectivity index (χ4n) is 1.61. The van der Waals surface area contributed by atoms with Crippen LogP contribution in [0.5, 0.6) is 0 Å². The first-order valence-electron chi connectivity index (χ1n) is 6.40. The first-order chi connectivity index (χ1) is 9.22. The molecule has 0 bridgehead atoms. The van der Waals surface area contributed by atoms with Crippen molar-refractivity contribution in [2.75, 3.05) is 17.7 Å². The number of unbranched alkanes of at least 4 members (excludes halogenated alkanes) is 2. The average molecular weight is 283 g/mol. The maximum atomic E-state index is 11.6. The number of hydrogen-bond donors (Lipinski definition) is 2. The molecule has 0 spiro atoms. The molecule has 5 heteroatoms. The molecule has 1 aromatic carbocycles. The van der Waals surface area contributed by atoms with Crippen LogP contribution in [0, 0.1) is 0 Å². The van der Waals surface area contributed by atoms with E-state index in [0.717, 1.165) is 24.9 Å². The number of rotatable bonds is 8. The van der Waals surface area contributed by atoms with Crippen LogP contribution in [0.1, 0.15) is 25.7 Å². The Morgan fingerprint density at radius 1 is 1.00 bits per heavy atom. The molecule has 0 aromatic heterocycles. The summed E-state index contributed by atoms with van der Waals surface area (Å²) >= 11 is 5.35. The highest BCUT2D eigenvalue weighted by Crippen LogP contribution is 2.07. The Bertz CT molecular complexity index is 396. The van der Waals surface area contributed by atoms with Gasteiger partial charge in [0, 0.05) is 18.7 Å². The molecule has 2 N–H and O–H groups in total. The fraction of sp³-hybridized carbons (Fsp3) is 0.429.